The lowest BCUT2D eigenvalue weighted by molar-refractivity contribution is -0.193. The van der Waals surface area contributed by atoms with Crippen molar-refractivity contribution in [2.45, 2.75) is 39.3 Å². The van der Waals surface area contributed by atoms with E-state index in [-0.39, 0.29) is 36.9 Å². The zero-order valence-electron chi connectivity index (χ0n) is 17.2. The second-order valence-electron chi connectivity index (χ2n) is 7.86. The molecule has 1 N–H and O–H groups in total. The lowest BCUT2D eigenvalue weighted by Gasteiger charge is -2.36. The van der Waals surface area contributed by atoms with Gasteiger partial charge in [-0.2, -0.15) is 18.3 Å². The van der Waals surface area contributed by atoms with Crippen LogP contribution in [-0.2, 0) is 0 Å². The smallest absolute Gasteiger partial charge is 0.339 e. The minimum absolute atomic E-state index is 0.0466. The van der Waals surface area contributed by atoms with E-state index in [1.165, 1.54) is 15.4 Å². The number of rotatable bonds is 4. The number of aromatic nitrogens is 5. The maximum atomic E-state index is 13.2. The van der Waals surface area contributed by atoms with Gasteiger partial charge in [-0.1, -0.05) is 6.92 Å². The minimum atomic E-state index is -4.21. The highest BCUT2D eigenvalue weighted by Crippen LogP contribution is 2.39. The predicted molar refractivity (Wildman–Crippen MR) is 106 cm³/mol. The number of carbonyl (C=O) groups excluding carboxylic acids is 1. The first-order chi connectivity index (χ1) is 14.7. The SMILES string of the molecule is CCC(C1CCN(C(=O)c2cnn(-c3nn4cccc4c(=O)[nH]3)c2C)CC1)C(F)(F)F. The van der Waals surface area contributed by atoms with Crippen molar-refractivity contribution in [3.05, 3.63) is 46.1 Å². The van der Waals surface area contributed by atoms with Crippen molar-refractivity contribution in [1.29, 1.82) is 0 Å². The highest BCUT2D eigenvalue weighted by molar-refractivity contribution is 5.95. The van der Waals surface area contributed by atoms with E-state index in [9.17, 15) is 22.8 Å². The molecule has 1 fully saturated rings. The summed E-state index contributed by atoms with van der Waals surface area (Å²) in [5, 5.41) is 8.50. The van der Waals surface area contributed by atoms with Crippen molar-refractivity contribution in [3.63, 3.8) is 0 Å². The number of likely N-dealkylation sites (tertiary alicyclic amines) is 1. The van der Waals surface area contributed by atoms with E-state index in [0.29, 0.717) is 29.6 Å². The molecule has 3 aromatic heterocycles. The maximum absolute atomic E-state index is 13.2. The van der Waals surface area contributed by atoms with Crippen LogP contribution in [0.3, 0.4) is 0 Å². The van der Waals surface area contributed by atoms with Gasteiger partial charge in [-0.3, -0.25) is 14.6 Å². The van der Waals surface area contributed by atoms with Crippen LogP contribution in [0, 0.1) is 18.8 Å². The Balaban J connectivity index is 1.52. The van der Waals surface area contributed by atoms with E-state index < -0.39 is 18.0 Å². The summed E-state index contributed by atoms with van der Waals surface area (Å²) in [4.78, 5) is 29.4. The summed E-state index contributed by atoms with van der Waals surface area (Å²) in [7, 11) is 0. The van der Waals surface area contributed by atoms with Gasteiger partial charge in [-0.25, -0.2) is 9.20 Å². The number of alkyl halides is 3. The molecule has 166 valence electrons. The molecule has 0 radical (unpaired) electrons. The molecular weight excluding hydrogens is 413 g/mol. The van der Waals surface area contributed by atoms with Crippen molar-refractivity contribution < 1.29 is 18.0 Å². The second kappa shape index (κ2) is 7.86. The lowest BCUT2D eigenvalue weighted by atomic mass is 9.82. The molecule has 11 heteroatoms. The van der Waals surface area contributed by atoms with Gasteiger partial charge in [0, 0.05) is 19.3 Å². The Hall–Kier alpha value is -3.11. The van der Waals surface area contributed by atoms with Crippen LogP contribution in [0.2, 0.25) is 0 Å². The quantitative estimate of drug-likeness (QED) is 0.681. The maximum Gasteiger partial charge on any atom is 0.392 e. The first-order valence-electron chi connectivity index (χ1n) is 10.2. The average molecular weight is 436 g/mol. The number of hydrogen-bond donors (Lipinski definition) is 1. The highest BCUT2D eigenvalue weighted by atomic mass is 19.4. The Morgan fingerprint density at radius 2 is 2.03 bits per heavy atom. The molecule has 0 spiro atoms. The molecule has 1 aliphatic heterocycles. The molecule has 1 unspecified atom stereocenters. The van der Waals surface area contributed by atoms with Crippen LogP contribution in [-0.4, -0.2) is 54.5 Å². The third-order valence-corrected chi connectivity index (χ3v) is 6.09. The van der Waals surface area contributed by atoms with Gasteiger partial charge in [-0.05, 0) is 44.2 Å². The number of carbonyl (C=O) groups is 1. The average Bonchev–Trinajstić information content (AvgIpc) is 3.34. The van der Waals surface area contributed by atoms with Gasteiger partial charge in [0.2, 0.25) is 5.95 Å². The van der Waals surface area contributed by atoms with Gasteiger partial charge in [0.25, 0.3) is 11.5 Å². The Morgan fingerprint density at radius 3 is 2.68 bits per heavy atom. The fourth-order valence-corrected chi connectivity index (χ4v) is 4.37. The normalized spacial score (nSPS) is 16.7. The zero-order valence-corrected chi connectivity index (χ0v) is 17.2. The van der Waals surface area contributed by atoms with Crippen LogP contribution in [0.25, 0.3) is 11.5 Å². The lowest BCUT2D eigenvalue weighted by Crippen LogP contribution is -2.42. The number of piperidine rings is 1. The molecule has 8 nitrogen and oxygen atoms in total. The number of halogens is 3. The molecule has 1 amide bonds. The van der Waals surface area contributed by atoms with E-state index in [4.69, 9.17) is 0 Å². The van der Waals surface area contributed by atoms with Crippen LogP contribution in [0.1, 0.15) is 42.2 Å². The largest absolute Gasteiger partial charge is 0.392 e. The van der Waals surface area contributed by atoms with Crippen molar-refractivity contribution >= 4 is 11.4 Å². The first kappa shape index (κ1) is 21.1. The van der Waals surface area contributed by atoms with Gasteiger partial charge in [0.1, 0.15) is 5.52 Å². The van der Waals surface area contributed by atoms with Gasteiger partial charge >= 0.3 is 6.18 Å². The fraction of sp³-hybridized carbons (Fsp3) is 0.500. The molecular formula is C20H23F3N6O2. The third-order valence-electron chi connectivity index (χ3n) is 6.09. The molecule has 1 atom stereocenters. The van der Waals surface area contributed by atoms with Crippen LogP contribution in [0.5, 0.6) is 0 Å². The van der Waals surface area contributed by atoms with Crippen LogP contribution in [0.15, 0.2) is 29.3 Å². The van der Waals surface area contributed by atoms with Gasteiger partial charge in [-0.15, -0.1) is 5.10 Å². The molecule has 1 saturated heterocycles. The van der Waals surface area contributed by atoms with E-state index in [1.807, 2.05) is 0 Å². The van der Waals surface area contributed by atoms with E-state index >= 15 is 0 Å². The summed E-state index contributed by atoms with van der Waals surface area (Å²) in [6.07, 6.45) is -0.507. The Labute approximate surface area is 175 Å². The molecule has 0 aliphatic carbocycles. The number of nitrogens with zero attached hydrogens (tertiary/aromatic N) is 5. The number of aromatic amines is 1. The van der Waals surface area contributed by atoms with Gasteiger partial charge < -0.3 is 4.90 Å². The molecule has 31 heavy (non-hydrogen) atoms. The molecule has 4 rings (SSSR count). The van der Waals surface area contributed by atoms with Crippen molar-refractivity contribution in [2.75, 3.05) is 13.1 Å². The van der Waals surface area contributed by atoms with E-state index in [1.54, 1.807) is 37.1 Å². The molecule has 0 bridgehead atoms. The summed E-state index contributed by atoms with van der Waals surface area (Å²) in [5.41, 5.74) is 0.868. The second-order valence-corrected chi connectivity index (χ2v) is 7.86. The molecule has 1 aliphatic rings. The monoisotopic (exact) mass is 436 g/mol. The first-order valence-corrected chi connectivity index (χ1v) is 10.2. The summed E-state index contributed by atoms with van der Waals surface area (Å²) < 4.78 is 42.5. The zero-order chi connectivity index (χ0) is 22.3. The Morgan fingerprint density at radius 1 is 1.32 bits per heavy atom. The minimum Gasteiger partial charge on any atom is -0.339 e. The fourth-order valence-electron chi connectivity index (χ4n) is 4.37. The van der Waals surface area contributed by atoms with Crippen molar-refractivity contribution in [3.8, 4) is 5.95 Å². The molecule has 0 aromatic carbocycles. The highest BCUT2D eigenvalue weighted by Gasteiger charge is 2.44. The number of hydrogen-bond acceptors (Lipinski definition) is 4. The van der Waals surface area contributed by atoms with Crippen LogP contribution < -0.4 is 5.56 Å². The van der Waals surface area contributed by atoms with Crippen LogP contribution in [0.4, 0.5) is 13.2 Å². The molecule has 0 saturated carbocycles. The van der Waals surface area contributed by atoms with E-state index in [0.717, 1.165) is 0 Å². The number of H-pyrrole nitrogens is 1. The summed E-state index contributed by atoms with van der Waals surface area (Å²) >= 11 is 0. The van der Waals surface area contributed by atoms with Crippen molar-refractivity contribution in [2.24, 2.45) is 11.8 Å². The van der Waals surface area contributed by atoms with Crippen molar-refractivity contribution in [1.82, 2.24) is 29.3 Å². The van der Waals surface area contributed by atoms with Gasteiger partial charge in [0.15, 0.2) is 0 Å². The summed E-state index contributed by atoms with van der Waals surface area (Å²) in [5.74, 6) is -1.92. The Bertz CT molecular complexity index is 1150. The molecule has 4 heterocycles. The standard InChI is InChI=1S/C20H23F3N6O2/c1-3-15(20(21,22)23)13-6-9-27(10-7-13)18(31)14-11-24-29(12(14)2)19-25-17(30)16-5-4-8-28(16)26-19/h4-5,8,11,13,15H,3,6-7,9-10H2,1-2H3,(H,25,26,30). The number of nitrogens with one attached hydrogen (secondary N) is 1. The predicted octanol–water partition coefficient (Wildman–Crippen LogP) is 2.96. The topological polar surface area (TPSA) is 88.3 Å². The summed E-state index contributed by atoms with van der Waals surface area (Å²) in [6, 6.07) is 3.32. The van der Waals surface area contributed by atoms with E-state index in [2.05, 4.69) is 15.2 Å². The third kappa shape index (κ3) is 3.84. The Kier molecular flexibility index (Phi) is 5.36. The summed E-state index contributed by atoms with van der Waals surface area (Å²) in [6.45, 7) is 3.77. The van der Waals surface area contributed by atoms with Crippen LogP contribution >= 0.6 is 0 Å². The van der Waals surface area contributed by atoms with Gasteiger partial charge in [0.05, 0.1) is 23.4 Å². The number of amides is 1. The number of fused-ring (bicyclic) bond motifs is 1. The molecule has 3 aromatic rings.